The van der Waals surface area contributed by atoms with Crippen molar-refractivity contribution in [1.29, 1.82) is 0 Å². The van der Waals surface area contributed by atoms with Crippen LogP contribution in [0.2, 0.25) is 0 Å². The van der Waals surface area contributed by atoms with Gasteiger partial charge in [0.15, 0.2) is 0 Å². The summed E-state index contributed by atoms with van der Waals surface area (Å²) in [4.78, 5) is 5.30. The first-order chi connectivity index (χ1) is 8.38. The Bertz CT molecular complexity index is 287. The zero-order valence-electron chi connectivity index (χ0n) is 12.7. The van der Waals surface area contributed by atoms with Crippen molar-refractivity contribution < 1.29 is 0 Å². The Hall–Kier alpha value is -0.120. The molecule has 2 N–H and O–H groups in total. The van der Waals surface area contributed by atoms with E-state index in [9.17, 15) is 0 Å². The number of piperidine rings is 1. The van der Waals surface area contributed by atoms with Gasteiger partial charge in [-0.3, -0.25) is 9.80 Å². The lowest BCUT2D eigenvalue weighted by molar-refractivity contribution is 0.0213. The summed E-state index contributed by atoms with van der Waals surface area (Å²) in [6.07, 6.45) is 3.94. The topological polar surface area (TPSA) is 32.5 Å². The molecule has 3 nitrogen and oxygen atoms in total. The first-order valence-electron chi connectivity index (χ1n) is 7.58. The van der Waals surface area contributed by atoms with Gasteiger partial charge in [0.1, 0.15) is 0 Å². The Labute approximate surface area is 113 Å². The zero-order chi connectivity index (χ0) is 13.4. The van der Waals surface area contributed by atoms with E-state index in [1.54, 1.807) is 0 Å². The molecule has 1 atom stereocenters. The quantitative estimate of drug-likeness (QED) is 0.834. The second-order valence-electron chi connectivity index (χ2n) is 7.43. The third-order valence-electron chi connectivity index (χ3n) is 5.04. The van der Waals surface area contributed by atoms with Gasteiger partial charge in [-0.2, -0.15) is 0 Å². The summed E-state index contributed by atoms with van der Waals surface area (Å²) in [7, 11) is 0. The molecule has 2 aliphatic rings. The molecular weight excluding hydrogens is 222 g/mol. The standard InChI is InChI=1S/C15H31N3/c1-13(2)17-9-7-15(10-16,12-17)18-8-5-6-14(3,4)11-18/h13H,5-12,16H2,1-4H3. The van der Waals surface area contributed by atoms with E-state index in [-0.39, 0.29) is 5.54 Å². The van der Waals surface area contributed by atoms with Crippen molar-refractivity contribution in [3.63, 3.8) is 0 Å². The van der Waals surface area contributed by atoms with Crippen molar-refractivity contribution >= 4 is 0 Å². The molecule has 106 valence electrons. The van der Waals surface area contributed by atoms with Crippen LogP contribution in [0, 0.1) is 5.41 Å². The third-order valence-corrected chi connectivity index (χ3v) is 5.04. The van der Waals surface area contributed by atoms with Crippen LogP contribution in [0.5, 0.6) is 0 Å². The van der Waals surface area contributed by atoms with E-state index in [0.717, 1.165) is 13.1 Å². The van der Waals surface area contributed by atoms with E-state index in [2.05, 4.69) is 37.5 Å². The van der Waals surface area contributed by atoms with Crippen LogP contribution in [0.4, 0.5) is 0 Å². The number of hydrogen-bond acceptors (Lipinski definition) is 3. The lowest BCUT2D eigenvalue weighted by Crippen LogP contribution is -2.60. The van der Waals surface area contributed by atoms with Crippen LogP contribution in [0.25, 0.3) is 0 Å². The number of likely N-dealkylation sites (tertiary alicyclic amines) is 2. The lowest BCUT2D eigenvalue weighted by Gasteiger charge is -2.48. The maximum absolute atomic E-state index is 6.18. The van der Waals surface area contributed by atoms with E-state index in [1.807, 2.05) is 0 Å². The highest BCUT2D eigenvalue weighted by atomic mass is 15.3. The van der Waals surface area contributed by atoms with Crippen molar-refractivity contribution in [2.24, 2.45) is 11.1 Å². The molecule has 0 radical (unpaired) electrons. The predicted octanol–water partition coefficient (Wildman–Crippen LogP) is 1.92. The van der Waals surface area contributed by atoms with Gasteiger partial charge in [0.2, 0.25) is 0 Å². The van der Waals surface area contributed by atoms with E-state index in [4.69, 9.17) is 5.73 Å². The molecule has 0 spiro atoms. The van der Waals surface area contributed by atoms with Crippen molar-refractivity contribution in [2.75, 3.05) is 32.7 Å². The van der Waals surface area contributed by atoms with Crippen LogP contribution in [0.1, 0.15) is 47.0 Å². The van der Waals surface area contributed by atoms with Crippen LogP contribution in [0.3, 0.4) is 0 Å². The van der Waals surface area contributed by atoms with Gasteiger partial charge >= 0.3 is 0 Å². The van der Waals surface area contributed by atoms with Crippen LogP contribution in [-0.4, -0.2) is 54.1 Å². The largest absolute Gasteiger partial charge is 0.329 e. The summed E-state index contributed by atoms with van der Waals surface area (Å²) < 4.78 is 0. The van der Waals surface area contributed by atoms with Crippen molar-refractivity contribution in [3.8, 4) is 0 Å². The van der Waals surface area contributed by atoms with E-state index < -0.39 is 0 Å². The van der Waals surface area contributed by atoms with Gasteiger partial charge in [0.05, 0.1) is 0 Å². The molecule has 0 aromatic rings. The molecule has 1 unspecified atom stereocenters. The molecule has 2 saturated heterocycles. The van der Waals surface area contributed by atoms with Crippen LogP contribution >= 0.6 is 0 Å². The van der Waals surface area contributed by atoms with Gasteiger partial charge in [-0.05, 0) is 45.1 Å². The monoisotopic (exact) mass is 253 g/mol. The predicted molar refractivity (Wildman–Crippen MR) is 77.7 cm³/mol. The molecule has 2 fully saturated rings. The molecule has 2 rings (SSSR count). The molecule has 0 amide bonds. The molecule has 2 aliphatic heterocycles. The van der Waals surface area contributed by atoms with Crippen molar-refractivity contribution in [3.05, 3.63) is 0 Å². The third kappa shape index (κ3) is 2.73. The summed E-state index contributed by atoms with van der Waals surface area (Å²) in [5.41, 5.74) is 6.90. The Morgan fingerprint density at radius 3 is 2.33 bits per heavy atom. The minimum atomic E-state index is 0.252. The lowest BCUT2D eigenvalue weighted by atomic mass is 9.81. The molecule has 0 bridgehead atoms. The second-order valence-corrected chi connectivity index (χ2v) is 7.43. The van der Waals surface area contributed by atoms with E-state index in [0.29, 0.717) is 11.5 Å². The normalized spacial score (nSPS) is 34.3. The summed E-state index contributed by atoms with van der Waals surface area (Å²) >= 11 is 0. The first kappa shape index (κ1) is 14.3. The first-order valence-corrected chi connectivity index (χ1v) is 7.58. The average Bonchev–Trinajstić information content (AvgIpc) is 2.73. The number of hydrogen-bond donors (Lipinski definition) is 1. The van der Waals surface area contributed by atoms with Gasteiger partial charge in [-0.1, -0.05) is 13.8 Å². The molecule has 2 heterocycles. The Morgan fingerprint density at radius 1 is 1.11 bits per heavy atom. The Morgan fingerprint density at radius 2 is 1.83 bits per heavy atom. The van der Waals surface area contributed by atoms with Crippen LogP contribution < -0.4 is 5.73 Å². The highest BCUT2D eigenvalue weighted by Gasteiger charge is 2.45. The average molecular weight is 253 g/mol. The molecule has 0 saturated carbocycles. The van der Waals surface area contributed by atoms with Crippen molar-refractivity contribution in [1.82, 2.24) is 9.80 Å². The van der Waals surface area contributed by atoms with Crippen LogP contribution in [-0.2, 0) is 0 Å². The molecular formula is C15H31N3. The molecule has 18 heavy (non-hydrogen) atoms. The second kappa shape index (κ2) is 5.10. The molecule has 0 aromatic heterocycles. The Kier molecular flexibility index (Phi) is 4.05. The Balaban J connectivity index is 2.09. The summed E-state index contributed by atoms with van der Waals surface area (Å²) in [6, 6.07) is 0.649. The zero-order valence-corrected chi connectivity index (χ0v) is 12.7. The molecule has 0 aromatic carbocycles. The van der Waals surface area contributed by atoms with E-state index in [1.165, 1.54) is 38.9 Å². The smallest absolute Gasteiger partial charge is 0.0470 e. The number of nitrogens with zero attached hydrogens (tertiary/aromatic N) is 2. The van der Waals surface area contributed by atoms with Gasteiger partial charge in [0, 0.05) is 37.8 Å². The highest BCUT2D eigenvalue weighted by molar-refractivity contribution is 5.02. The number of rotatable bonds is 3. The number of nitrogens with two attached hydrogens (primary N) is 1. The fraction of sp³-hybridized carbons (Fsp3) is 1.00. The van der Waals surface area contributed by atoms with Gasteiger partial charge in [0.25, 0.3) is 0 Å². The van der Waals surface area contributed by atoms with Crippen molar-refractivity contribution in [2.45, 2.75) is 58.5 Å². The highest BCUT2D eigenvalue weighted by Crippen LogP contribution is 2.36. The maximum Gasteiger partial charge on any atom is 0.0470 e. The summed E-state index contributed by atoms with van der Waals surface area (Å²) in [5, 5.41) is 0. The van der Waals surface area contributed by atoms with Gasteiger partial charge < -0.3 is 5.73 Å². The van der Waals surface area contributed by atoms with Gasteiger partial charge in [-0.25, -0.2) is 0 Å². The van der Waals surface area contributed by atoms with Crippen LogP contribution in [0.15, 0.2) is 0 Å². The SMILES string of the molecule is CC(C)N1CCC(CN)(N2CCCC(C)(C)C2)C1. The minimum Gasteiger partial charge on any atom is -0.329 e. The fourth-order valence-electron chi connectivity index (χ4n) is 3.71. The summed E-state index contributed by atoms with van der Waals surface area (Å²) in [6.45, 7) is 15.1. The summed E-state index contributed by atoms with van der Waals surface area (Å²) in [5.74, 6) is 0. The van der Waals surface area contributed by atoms with Gasteiger partial charge in [-0.15, -0.1) is 0 Å². The maximum atomic E-state index is 6.18. The molecule has 3 heteroatoms. The molecule has 0 aliphatic carbocycles. The minimum absolute atomic E-state index is 0.252. The fourth-order valence-corrected chi connectivity index (χ4v) is 3.71. The van der Waals surface area contributed by atoms with E-state index >= 15 is 0 Å².